The largest absolute Gasteiger partial charge is 0.337 e. The molecular weight excluding hydrogens is 290 g/mol. The Balaban J connectivity index is 1.57. The van der Waals surface area contributed by atoms with Crippen molar-refractivity contribution in [1.82, 2.24) is 25.4 Å². The molecule has 0 radical (unpaired) electrons. The number of benzene rings is 1. The summed E-state index contributed by atoms with van der Waals surface area (Å²) in [5.74, 6) is 0.738. The monoisotopic (exact) mass is 313 g/mol. The summed E-state index contributed by atoms with van der Waals surface area (Å²) in [7, 11) is 1.87. The van der Waals surface area contributed by atoms with E-state index in [0.717, 1.165) is 18.7 Å². The lowest BCUT2D eigenvalue weighted by atomic mass is 9.64. The van der Waals surface area contributed by atoms with E-state index in [9.17, 15) is 4.79 Å². The molecule has 6 nitrogen and oxygen atoms in total. The molecule has 122 valence electrons. The summed E-state index contributed by atoms with van der Waals surface area (Å²) in [5.41, 5.74) is 1.40. The smallest absolute Gasteiger partial charge is 0.315 e. The van der Waals surface area contributed by atoms with Gasteiger partial charge in [0.05, 0.1) is 6.04 Å². The molecule has 6 heteroatoms. The maximum absolute atomic E-state index is 12.2. The van der Waals surface area contributed by atoms with Gasteiger partial charge in [0.1, 0.15) is 6.33 Å². The van der Waals surface area contributed by atoms with Crippen LogP contribution in [-0.2, 0) is 12.5 Å². The number of aryl methyl sites for hydroxylation is 1. The highest BCUT2D eigenvalue weighted by Crippen LogP contribution is 2.43. The summed E-state index contributed by atoms with van der Waals surface area (Å²) in [6.45, 7) is 2.56. The average Bonchev–Trinajstić information content (AvgIpc) is 2.93. The van der Waals surface area contributed by atoms with Gasteiger partial charge in [0.25, 0.3) is 0 Å². The van der Waals surface area contributed by atoms with Crippen LogP contribution in [0.25, 0.3) is 0 Å². The number of rotatable bonds is 5. The van der Waals surface area contributed by atoms with Crippen LogP contribution in [0, 0.1) is 0 Å². The van der Waals surface area contributed by atoms with Gasteiger partial charge in [0.15, 0.2) is 5.82 Å². The molecule has 2 aromatic rings. The number of carbonyl (C=O) groups excluding carboxylic acids is 1. The van der Waals surface area contributed by atoms with Gasteiger partial charge in [0.2, 0.25) is 0 Å². The van der Waals surface area contributed by atoms with E-state index in [1.165, 1.54) is 12.0 Å². The van der Waals surface area contributed by atoms with Gasteiger partial charge in [-0.15, -0.1) is 10.2 Å². The Hall–Kier alpha value is -2.37. The number of hydrogen-bond donors (Lipinski definition) is 2. The zero-order chi connectivity index (χ0) is 16.3. The molecular formula is C17H23N5O. The second-order valence-electron chi connectivity index (χ2n) is 6.35. The first-order valence-corrected chi connectivity index (χ1v) is 8.04. The standard InChI is InChI=1S/C17H23N5O/c1-13(15-21-19-12-22(15)2)20-16(23)18-11-17(9-6-10-17)14-7-4-3-5-8-14/h3-5,7-8,12-13H,6,9-11H2,1-2H3,(H2,18,20,23)/t13-/m0/s1. The predicted molar refractivity (Wildman–Crippen MR) is 87.9 cm³/mol. The van der Waals surface area contributed by atoms with Crippen molar-refractivity contribution in [2.45, 2.75) is 37.6 Å². The number of amides is 2. The average molecular weight is 313 g/mol. The van der Waals surface area contributed by atoms with E-state index < -0.39 is 0 Å². The topological polar surface area (TPSA) is 71.8 Å². The van der Waals surface area contributed by atoms with Crippen molar-refractivity contribution in [3.8, 4) is 0 Å². The number of urea groups is 1. The van der Waals surface area contributed by atoms with E-state index in [2.05, 4.69) is 45.1 Å². The van der Waals surface area contributed by atoms with Gasteiger partial charge < -0.3 is 15.2 Å². The Bertz CT molecular complexity index is 663. The number of nitrogens with one attached hydrogen (secondary N) is 2. The number of nitrogens with zero attached hydrogens (tertiary/aromatic N) is 3. The molecule has 3 rings (SSSR count). The number of hydrogen-bond acceptors (Lipinski definition) is 3. The van der Waals surface area contributed by atoms with Crippen LogP contribution < -0.4 is 10.6 Å². The van der Waals surface area contributed by atoms with Crippen molar-refractivity contribution >= 4 is 6.03 Å². The second-order valence-corrected chi connectivity index (χ2v) is 6.35. The Morgan fingerprint density at radius 2 is 2.09 bits per heavy atom. The highest BCUT2D eigenvalue weighted by molar-refractivity contribution is 5.74. The van der Waals surface area contributed by atoms with Crippen LogP contribution in [0.2, 0.25) is 0 Å². The molecule has 1 aliphatic rings. The summed E-state index contributed by atoms with van der Waals surface area (Å²) in [5, 5.41) is 13.8. The van der Waals surface area contributed by atoms with Crippen LogP contribution in [0.1, 0.15) is 43.6 Å². The van der Waals surface area contributed by atoms with E-state index in [1.54, 1.807) is 6.33 Å². The number of aromatic nitrogens is 3. The first kappa shape index (κ1) is 15.5. The van der Waals surface area contributed by atoms with Crippen LogP contribution in [-0.4, -0.2) is 27.3 Å². The minimum absolute atomic E-state index is 0.0899. The minimum Gasteiger partial charge on any atom is -0.337 e. The van der Waals surface area contributed by atoms with E-state index in [1.807, 2.05) is 24.6 Å². The highest BCUT2D eigenvalue weighted by Gasteiger charge is 2.38. The fraction of sp³-hybridized carbons (Fsp3) is 0.471. The van der Waals surface area contributed by atoms with Gasteiger partial charge >= 0.3 is 6.03 Å². The van der Waals surface area contributed by atoms with Crippen LogP contribution in [0.3, 0.4) is 0 Å². The fourth-order valence-corrected chi connectivity index (χ4v) is 3.21. The molecule has 1 aliphatic carbocycles. The zero-order valence-electron chi connectivity index (χ0n) is 13.6. The molecule has 0 bridgehead atoms. The van der Waals surface area contributed by atoms with Crippen LogP contribution in [0.4, 0.5) is 4.79 Å². The third-order valence-corrected chi connectivity index (χ3v) is 4.77. The molecule has 0 saturated heterocycles. The van der Waals surface area contributed by atoms with Crippen molar-refractivity contribution in [3.63, 3.8) is 0 Å². The lowest BCUT2D eigenvalue weighted by Gasteiger charge is -2.42. The fourth-order valence-electron chi connectivity index (χ4n) is 3.21. The normalized spacial score (nSPS) is 17.1. The molecule has 0 aliphatic heterocycles. The summed E-state index contributed by atoms with van der Waals surface area (Å²) < 4.78 is 1.81. The van der Waals surface area contributed by atoms with Gasteiger partial charge in [-0.3, -0.25) is 0 Å². The van der Waals surface area contributed by atoms with Crippen LogP contribution >= 0.6 is 0 Å². The van der Waals surface area contributed by atoms with E-state index in [0.29, 0.717) is 6.54 Å². The van der Waals surface area contributed by atoms with Gasteiger partial charge in [-0.1, -0.05) is 36.8 Å². The van der Waals surface area contributed by atoms with E-state index in [4.69, 9.17) is 0 Å². The summed E-state index contributed by atoms with van der Waals surface area (Å²) in [6, 6.07) is 10.1. The molecule has 2 amide bonds. The molecule has 1 atom stereocenters. The first-order chi connectivity index (χ1) is 11.1. The van der Waals surface area contributed by atoms with Gasteiger partial charge in [-0.2, -0.15) is 0 Å². The summed E-state index contributed by atoms with van der Waals surface area (Å²) in [6.07, 6.45) is 5.09. The Morgan fingerprint density at radius 3 is 2.65 bits per heavy atom. The van der Waals surface area contributed by atoms with Crippen molar-refractivity contribution < 1.29 is 4.79 Å². The third kappa shape index (κ3) is 3.21. The molecule has 0 spiro atoms. The summed E-state index contributed by atoms with van der Waals surface area (Å²) >= 11 is 0. The van der Waals surface area contributed by atoms with Crippen molar-refractivity contribution in [3.05, 3.63) is 48.0 Å². The maximum Gasteiger partial charge on any atom is 0.315 e. The number of carbonyl (C=O) groups is 1. The van der Waals surface area contributed by atoms with Gasteiger partial charge in [-0.25, -0.2) is 4.79 Å². The molecule has 23 heavy (non-hydrogen) atoms. The first-order valence-electron chi connectivity index (χ1n) is 8.04. The van der Waals surface area contributed by atoms with E-state index in [-0.39, 0.29) is 17.5 Å². The molecule has 1 aromatic carbocycles. The zero-order valence-corrected chi connectivity index (χ0v) is 13.6. The predicted octanol–water partition coefficient (Wildman–Crippen LogP) is 2.30. The van der Waals surface area contributed by atoms with Crippen molar-refractivity contribution in [2.24, 2.45) is 7.05 Å². The van der Waals surface area contributed by atoms with Crippen molar-refractivity contribution in [1.29, 1.82) is 0 Å². The molecule has 1 saturated carbocycles. The molecule has 1 heterocycles. The molecule has 2 N–H and O–H groups in total. The maximum atomic E-state index is 12.2. The van der Waals surface area contributed by atoms with Crippen LogP contribution in [0.15, 0.2) is 36.7 Å². The molecule has 1 fully saturated rings. The SMILES string of the molecule is C[C@H](NC(=O)NCC1(c2ccccc2)CCC1)c1nncn1C. The summed E-state index contributed by atoms with van der Waals surface area (Å²) in [4.78, 5) is 12.2. The minimum atomic E-state index is -0.184. The lowest BCUT2D eigenvalue weighted by Crippen LogP contribution is -2.48. The third-order valence-electron chi connectivity index (χ3n) is 4.77. The molecule has 0 unspecified atom stereocenters. The lowest BCUT2D eigenvalue weighted by molar-refractivity contribution is 0.212. The van der Waals surface area contributed by atoms with Gasteiger partial charge in [0, 0.05) is 19.0 Å². The second kappa shape index (κ2) is 6.40. The Labute approximate surface area is 136 Å². The molecule has 1 aromatic heterocycles. The Morgan fingerprint density at radius 1 is 1.35 bits per heavy atom. The Kier molecular flexibility index (Phi) is 4.32. The van der Waals surface area contributed by atoms with Crippen molar-refractivity contribution in [2.75, 3.05) is 6.54 Å². The highest BCUT2D eigenvalue weighted by atomic mass is 16.2. The van der Waals surface area contributed by atoms with Gasteiger partial charge in [-0.05, 0) is 25.3 Å². The van der Waals surface area contributed by atoms with E-state index >= 15 is 0 Å². The van der Waals surface area contributed by atoms with Crippen LogP contribution in [0.5, 0.6) is 0 Å². The quantitative estimate of drug-likeness (QED) is 0.889.